The van der Waals surface area contributed by atoms with E-state index in [2.05, 4.69) is 10.3 Å². The minimum atomic E-state index is -0.795. The van der Waals surface area contributed by atoms with Crippen LogP contribution >= 0.6 is 11.3 Å². The molecule has 1 aliphatic heterocycles. The molecule has 2 amide bonds. The molecular weight excluding hydrogens is 464 g/mol. The second-order valence-electron chi connectivity index (χ2n) is 10.4. The lowest BCUT2D eigenvalue weighted by Gasteiger charge is -2.35. The standard InChI is InChI=1S/C26H36N4O4S/c1-15(17-6-8-18(9-7-17)23-16(2)28-14-35-23)29-24(33)22-11-20(32)13-30(22)25(34)21(26(3,4)5)10-19(31)12-27/h6-9,14-15,20-22,32H,10-13,27H2,1-5H3,(H,29,33)/t15-,20+,21+,22+/m0/s1. The number of nitrogens with one attached hydrogen (secondary N) is 1. The molecule has 9 heteroatoms. The number of amides is 2. The molecular formula is C26H36N4O4S. The highest BCUT2D eigenvalue weighted by molar-refractivity contribution is 7.13. The van der Waals surface area contributed by atoms with Gasteiger partial charge >= 0.3 is 0 Å². The van der Waals surface area contributed by atoms with Crippen molar-refractivity contribution in [2.75, 3.05) is 13.1 Å². The molecule has 1 aromatic carbocycles. The van der Waals surface area contributed by atoms with Gasteiger partial charge in [-0.25, -0.2) is 4.98 Å². The lowest BCUT2D eigenvalue weighted by molar-refractivity contribution is -0.146. The number of carbonyl (C=O) groups is 3. The summed E-state index contributed by atoms with van der Waals surface area (Å²) in [6, 6.07) is 6.88. The summed E-state index contributed by atoms with van der Waals surface area (Å²) in [5.41, 5.74) is 9.80. The number of carbonyl (C=O) groups excluding carboxylic acids is 3. The highest BCUT2D eigenvalue weighted by atomic mass is 32.1. The lowest BCUT2D eigenvalue weighted by atomic mass is 9.76. The number of ketones is 1. The third kappa shape index (κ3) is 6.34. The largest absolute Gasteiger partial charge is 0.391 e. The number of hydrogen-bond donors (Lipinski definition) is 3. The van der Waals surface area contributed by atoms with Crippen molar-refractivity contribution >= 4 is 28.9 Å². The van der Waals surface area contributed by atoms with Gasteiger partial charge in [0.15, 0.2) is 0 Å². The molecule has 190 valence electrons. The number of nitrogens with two attached hydrogens (primary N) is 1. The maximum atomic E-state index is 13.5. The average Bonchev–Trinajstić information content (AvgIpc) is 3.41. The fraction of sp³-hybridized carbons (Fsp3) is 0.538. The summed E-state index contributed by atoms with van der Waals surface area (Å²) >= 11 is 1.59. The third-order valence-electron chi connectivity index (χ3n) is 6.64. The number of aliphatic hydroxyl groups excluding tert-OH is 1. The first kappa shape index (κ1) is 27.0. The summed E-state index contributed by atoms with van der Waals surface area (Å²) in [6.07, 6.45) is -0.616. The van der Waals surface area contributed by atoms with Gasteiger partial charge in [0.1, 0.15) is 11.8 Å². The molecule has 0 aliphatic carbocycles. The first-order valence-electron chi connectivity index (χ1n) is 11.9. The molecule has 3 rings (SSSR count). The SMILES string of the molecule is Cc1ncsc1-c1ccc([C@H](C)NC(=O)[C@H]2C[C@@H](O)CN2C(=O)[C@@H](CC(=O)CN)C(C)(C)C)cc1. The van der Waals surface area contributed by atoms with E-state index in [1.54, 1.807) is 11.3 Å². The Hall–Kier alpha value is -2.62. The molecule has 0 radical (unpaired) electrons. The van der Waals surface area contributed by atoms with Crippen LogP contribution < -0.4 is 11.1 Å². The number of benzene rings is 1. The predicted octanol–water partition coefficient (Wildman–Crippen LogP) is 2.84. The Morgan fingerprint density at radius 1 is 1.26 bits per heavy atom. The second-order valence-corrected chi connectivity index (χ2v) is 11.2. The maximum Gasteiger partial charge on any atom is 0.243 e. The van der Waals surface area contributed by atoms with E-state index in [1.165, 1.54) is 4.90 Å². The van der Waals surface area contributed by atoms with Crippen LogP contribution in [0.2, 0.25) is 0 Å². The zero-order valence-corrected chi connectivity index (χ0v) is 21.9. The molecule has 0 bridgehead atoms. The van der Waals surface area contributed by atoms with E-state index in [0.717, 1.165) is 21.7 Å². The summed E-state index contributed by atoms with van der Waals surface area (Å²) in [5.74, 6) is -1.44. The molecule has 1 saturated heterocycles. The van der Waals surface area contributed by atoms with Crippen LogP contribution in [0.3, 0.4) is 0 Å². The van der Waals surface area contributed by atoms with Crippen LogP contribution in [0.4, 0.5) is 0 Å². The van der Waals surface area contributed by atoms with Crippen LogP contribution in [-0.2, 0) is 14.4 Å². The molecule has 1 aromatic heterocycles. The number of aryl methyl sites for hydroxylation is 1. The van der Waals surface area contributed by atoms with Crippen molar-refractivity contribution in [3.63, 3.8) is 0 Å². The van der Waals surface area contributed by atoms with Crippen molar-refractivity contribution in [2.24, 2.45) is 17.1 Å². The topological polar surface area (TPSA) is 126 Å². The van der Waals surface area contributed by atoms with Gasteiger partial charge in [-0.1, -0.05) is 45.0 Å². The van der Waals surface area contributed by atoms with Gasteiger partial charge in [0.05, 0.1) is 34.8 Å². The summed E-state index contributed by atoms with van der Waals surface area (Å²) in [4.78, 5) is 45.6. The summed E-state index contributed by atoms with van der Waals surface area (Å²) in [6.45, 7) is 9.46. The Balaban J connectivity index is 1.73. The van der Waals surface area contributed by atoms with Crippen LogP contribution in [0.15, 0.2) is 29.8 Å². The number of aliphatic hydroxyl groups is 1. The van der Waals surface area contributed by atoms with Crippen LogP contribution in [0.1, 0.15) is 57.8 Å². The molecule has 0 spiro atoms. The Morgan fingerprint density at radius 2 is 1.91 bits per heavy atom. The molecule has 8 nitrogen and oxygen atoms in total. The maximum absolute atomic E-state index is 13.5. The van der Waals surface area contributed by atoms with Gasteiger partial charge in [0.2, 0.25) is 11.8 Å². The van der Waals surface area contributed by atoms with Crippen molar-refractivity contribution in [1.82, 2.24) is 15.2 Å². The average molecular weight is 501 g/mol. The number of Topliss-reactive ketones (excluding diaryl/α,β-unsaturated/α-hetero) is 1. The van der Waals surface area contributed by atoms with E-state index in [0.29, 0.717) is 0 Å². The van der Waals surface area contributed by atoms with E-state index in [-0.39, 0.29) is 49.6 Å². The van der Waals surface area contributed by atoms with E-state index < -0.39 is 23.5 Å². The van der Waals surface area contributed by atoms with Crippen molar-refractivity contribution in [1.29, 1.82) is 0 Å². The zero-order valence-electron chi connectivity index (χ0n) is 21.1. The lowest BCUT2D eigenvalue weighted by Crippen LogP contribution is -2.50. The fourth-order valence-electron chi connectivity index (χ4n) is 4.48. The van der Waals surface area contributed by atoms with Crippen molar-refractivity contribution in [3.05, 3.63) is 41.0 Å². The van der Waals surface area contributed by atoms with E-state index >= 15 is 0 Å². The Bertz CT molecular complexity index is 1060. The second kappa shape index (κ2) is 11.0. The minimum absolute atomic E-state index is 0.0156. The smallest absolute Gasteiger partial charge is 0.243 e. The normalized spacial score (nSPS) is 19.9. The number of hydrogen-bond acceptors (Lipinski definition) is 7. The van der Waals surface area contributed by atoms with Gasteiger partial charge < -0.3 is 21.1 Å². The number of β-amino-alcohol motifs (C(OH)–C–C–N with tert-alkyl or cyclic N) is 1. The zero-order chi connectivity index (χ0) is 25.9. The minimum Gasteiger partial charge on any atom is -0.391 e. The first-order chi connectivity index (χ1) is 16.4. The molecule has 35 heavy (non-hydrogen) atoms. The van der Waals surface area contributed by atoms with Gasteiger partial charge in [-0.3, -0.25) is 14.4 Å². The van der Waals surface area contributed by atoms with Crippen LogP contribution in [0.5, 0.6) is 0 Å². The molecule has 4 atom stereocenters. The van der Waals surface area contributed by atoms with E-state index in [4.69, 9.17) is 5.73 Å². The van der Waals surface area contributed by atoms with Gasteiger partial charge in [-0.2, -0.15) is 0 Å². The fourth-order valence-corrected chi connectivity index (χ4v) is 5.29. The summed E-state index contributed by atoms with van der Waals surface area (Å²) in [7, 11) is 0. The molecule has 4 N–H and O–H groups in total. The molecule has 2 aromatic rings. The van der Waals surface area contributed by atoms with E-state index in [1.807, 2.05) is 64.4 Å². The third-order valence-corrected chi connectivity index (χ3v) is 7.62. The Labute approximate surface area is 210 Å². The number of aromatic nitrogens is 1. The van der Waals surface area contributed by atoms with Gasteiger partial charge in [-0.15, -0.1) is 11.3 Å². The van der Waals surface area contributed by atoms with Crippen LogP contribution in [0.25, 0.3) is 10.4 Å². The highest BCUT2D eigenvalue weighted by Gasteiger charge is 2.44. The molecule has 1 aliphatic rings. The molecule has 1 fully saturated rings. The van der Waals surface area contributed by atoms with Crippen LogP contribution in [-0.4, -0.2) is 57.8 Å². The molecule has 0 unspecified atom stereocenters. The quantitative estimate of drug-likeness (QED) is 0.512. The van der Waals surface area contributed by atoms with Crippen LogP contribution in [0, 0.1) is 18.3 Å². The van der Waals surface area contributed by atoms with Gasteiger partial charge in [0.25, 0.3) is 0 Å². The predicted molar refractivity (Wildman–Crippen MR) is 137 cm³/mol. The van der Waals surface area contributed by atoms with Crippen molar-refractivity contribution < 1.29 is 19.5 Å². The Morgan fingerprint density at radius 3 is 2.46 bits per heavy atom. The molecule has 2 heterocycles. The highest BCUT2D eigenvalue weighted by Crippen LogP contribution is 2.34. The van der Waals surface area contributed by atoms with Gasteiger partial charge in [0, 0.05) is 25.3 Å². The summed E-state index contributed by atoms with van der Waals surface area (Å²) < 4.78 is 0. The first-order valence-corrected chi connectivity index (χ1v) is 12.8. The van der Waals surface area contributed by atoms with E-state index in [9.17, 15) is 19.5 Å². The number of rotatable bonds is 8. The number of nitrogens with zero attached hydrogens (tertiary/aromatic N) is 2. The monoisotopic (exact) mass is 500 g/mol. The van der Waals surface area contributed by atoms with Crippen molar-refractivity contribution in [2.45, 2.75) is 65.6 Å². The number of likely N-dealkylation sites (tertiary alicyclic amines) is 1. The molecule has 0 saturated carbocycles. The number of thiazole rings is 1. The van der Waals surface area contributed by atoms with Gasteiger partial charge in [-0.05, 0) is 30.4 Å². The van der Waals surface area contributed by atoms with Crippen molar-refractivity contribution in [3.8, 4) is 10.4 Å². The summed E-state index contributed by atoms with van der Waals surface area (Å²) in [5, 5.41) is 13.3. The Kier molecular flexibility index (Phi) is 8.46.